The van der Waals surface area contributed by atoms with Gasteiger partial charge in [0.1, 0.15) is 0 Å². The summed E-state index contributed by atoms with van der Waals surface area (Å²) in [6.45, 7) is 0. The van der Waals surface area contributed by atoms with Crippen LogP contribution in [0.3, 0.4) is 0 Å². The third-order valence-electron chi connectivity index (χ3n) is 3.44. The fraction of sp³-hybridized carbons (Fsp3) is 0.857. The molecular weight excluding hydrogens is 289 g/mol. The average molecular weight is 315 g/mol. The summed E-state index contributed by atoms with van der Waals surface area (Å²) in [5.41, 5.74) is 0. The standard InChI is InChI=1S/2C7H13O.Y/c2*1-8-7-5-3-2-4-6-7;/h2*2,7H,3-6H2,1H3;/q2*-1;. The zero-order valence-electron chi connectivity index (χ0n) is 11.4. The summed E-state index contributed by atoms with van der Waals surface area (Å²) < 4.78 is 10.3. The molecule has 2 aliphatic rings. The van der Waals surface area contributed by atoms with Gasteiger partial charge in [-0.2, -0.15) is 25.7 Å². The molecule has 0 unspecified atom stereocenters. The van der Waals surface area contributed by atoms with Crippen LogP contribution in [0.25, 0.3) is 0 Å². The predicted molar refractivity (Wildman–Crippen MR) is 67.1 cm³/mol. The van der Waals surface area contributed by atoms with Gasteiger partial charge < -0.3 is 22.3 Å². The summed E-state index contributed by atoms with van der Waals surface area (Å²) in [5.74, 6) is 0. The molecule has 2 saturated carbocycles. The van der Waals surface area contributed by atoms with E-state index in [4.69, 9.17) is 9.47 Å². The Morgan fingerprint density at radius 1 is 0.706 bits per heavy atom. The van der Waals surface area contributed by atoms with Crippen molar-refractivity contribution < 1.29 is 42.2 Å². The minimum Gasteiger partial charge on any atom is -0.382 e. The molecule has 2 aliphatic carbocycles. The predicted octanol–water partition coefficient (Wildman–Crippen LogP) is 3.56. The van der Waals surface area contributed by atoms with Gasteiger partial charge in [0.2, 0.25) is 0 Å². The van der Waals surface area contributed by atoms with Crippen molar-refractivity contribution in [2.75, 3.05) is 14.2 Å². The first-order chi connectivity index (χ1) is 7.86. The molecule has 0 atom stereocenters. The molecule has 0 heterocycles. The van der Waals surface area contributed by atoms with E-state index in [2.05, 4.69) is 12.8 Å². The number of hydrogen-bond acceptors (Lipinski definition) is 2. The maximum atomic E-state index is 5.17. The fourth-order valence-corrected chi connectivity index (χ4v) is 2.26. The summed E-state index contributed by atoms with van der Waals surface area (Å²) in [6.07, 6.45) is 15.7. The van der Waals surface area contributed by atoms with Crippen molar-refractivity contribution in [3.8, 4) is 0 Å². The number of hydrogen-bond donors (Lipinski definition) is 0. The molecule has 0 amide bonds. The zero-order valence-corrected chi connectivity index (χ0v) is 14.2. The van der Waals surface area contributed by atoms with Crippen LogP contribution in [0.1, 0.15) is 51.4 Å². The van der Waals surface area contributed by atoms with Gasteiger partial charge in [0, 0.05) is 46.9 Å². The molecular formula is C14H26O2Y-2. The van der Waals surface area contributed by atoms with Crippen LogP contribution in [-0.2, 0) is 42.2 Å². The Morgan fingerprint density at radius 2 is 1.00 bits per heavy atom. The molecule has 0 bridgehead atoms. The molecule has 0 saturated heterocycles. The van der Waals surface area contributed by atoms with Gasteiger partial charge >= 0.3 is 0 Å². The van der Waals surface area contributed by atoms with E-state index in [1.807, 2.05) is 0 Å². The van der Waals surface area contributed by atoms with E-state index in [0.717, 1.165) is 0 Å². The minimum atomic E-state index is 0. The van der Waals surface area contributed by atoms with Gasteiger partial charge in [-0.15, -0.1) is 0 Å². The van der Waals surface area contributed by atoms with Crippen molar-refractivity contribution in [1.29, 1.82) is 0 Å². The molecule has 0 aromatic heterocycles. The second kappa shape index (κ2) is 12.1. The molecule has 2 rings (SSSR count). The van der Waals surface area contributed by atoms with Crippen molar-refractivity contribution in [2.45, 2.75) is 63.6 Å². The van der Waals surface area contributed by atoms with Crippen molar-refractivity contribution in [1.82, 2.24) is 0 Å². The second-order valence-corrected chi connectivity index (χ2v) is 4.60. The van der Waals surface area contributed by atoms with Crippen LogP contribution in [0.5, 0.6) is 0 Å². The summed E-state index contributed by atoms with van der Waals surface area (Å²) in [5, 5.41) is 0. The first kappa shape index (κ1) is 18.0. The maximum Gasteiger partial charge on any atom is 0.0522 e. The van der Waals surface area contributed by atoms with Crippen LogP contribution in [0, 0.1) is 12.8 Å². The SMILES string of the molecule is COC1CC[CH-]CC1.COC1CC[CH-]CC1.[Y]. The first-order valence-electron chi connectivity index (χ1n) is 6.55. The monoisotopic (exact) mass is 315 g/mol. The first-order valence-corrected chi connectivity index (χ1v) is 6.55. The van der Waals surface area contributed by atoms with E-state index in [-0.39, 0.29) is 32.7 Å². The van der Waals surface area contributed by atoms with Crippen LogP contribution in [0.4, 0.5) is 0 Å². The largest absolute Gasteiger partial charge is 0.382 e. The van der Waals surface area contributed by atoms with Gasteiger partial charge in [-0.05, 0) is 0 Å². The van der Waals surface area contributed by atoms with Gasteiger partial charge in [-0.3, -0.25) is 0 Å². The molecule has 2 fully saturated rings. The Kier molecular flexibility index (Phi) is 12.8. The average Bonchev–Trinajstić information content (AvgIpc) is 2.41. The third-order valence-corrected chi connectivity index (χ3v) is 3.44. The Morgan fingerprint density at radius 3 is 1.18 bits per heavy atom. The van der Waals surface area contributed by atoms with E-state index < -0.39 is 0 Å². The number of ether oxygens (including phenoxy) is 2. The van der Waals surface area contributed by atoms with Gasteiger partial charge in [0.15, 0.2) is 0 Å². The van der Waals surface area contributed by atoms with Gasteiger partial charge in [0.25, 0.3) is 0 Å². The number of rotatable bonds is 2. The van der Waals surface area contributed by atoms with Crippen LogP contribution in [0.15, 0.2) is 0 Å². The van der Waals surface area contributed by atoms with Crippen LogP contribution in [-0.4, -0.2) is 26.4 Å². The minimum absolute atomic E-state index is 0. The number of methoxy groups -OCH3 is 2. The van der Waals surface area contributed by atoms with Crippen LogP contribution >= 0.6 is 0 Å². The molecule has 99 valence electrons. The Labute approximate surface area is 132 Å². The summed E-state index contributed by atoms with van der Waals surface area (Å²) in [7, 11) is 3.60. The van der Waals surface area contributed by atoms with E-state index in [9.17, 15) is 0 Å². The molecule has 17 heavy (non-hydrogen) atoms. The Balaban J connectivity index is 0.000000284. The van der Waals surface area contributed by atoms with Crippen molar-refractivity contribution in [2.24, 2.45) is 0 Å². The maximum absolute atomic E-state index is 5.17. The normalized spacial score (nSPS) is 22.2. The fourth-order valence-electron chi connectivity index (χ4n) is 2.26. The molecule has 3 heteroatoms. The Hall–Kier alpha value is 1.02. The van der Waals surface area contributed by atoms with Crippen molar-refractivity contribution >= 4 is 0 Å². The quantitative estimate of drug-likeness (QED) is 0.726. The molecule has 0 aromatic carbocycles. The zero-order chi connectivity index (χ0) is 11.6. The van der Waals surface area contributed by atoms with Crippen LogP contribution < -0.4 is 0 Å². The second-order valence-electron chi connectivity index (χ2n) is 4.60. The summed E-state index contributed by atoms with van der Waals surface area (Å²) in [4.78, 5) is 0. The van der Waals surface area contributed by atoms with Crippen LogP contribution in [0.2, 0.25) is 0 Å². The van der Waals surface area contributed by atoms with Crippen molar-refractivity contribution in [3.05, 3.63) is 12.8 Å². The van der Waals surface area contributed by atoms with E-state index >= 15 is 0 Å². The third kappa shape index (κ3) is 8.69. The molecule has 2 nitrogen and oxygen atoms in total. The Bertz CT molecular complexity index is 134. The molecule has 0 aromatic rings. The van der Waals surface area contributed by atoms with Gasteiger partial charge in [-0.25, -0.2) is 0 Å². The summed E-state index contributed by atoms with van der Waals surface area (Å²) >= 11 is 0. The van der Waals surface area contributed by atoms with Crippen molar-refractivity contribution in [3.63, 3.8) is 0 Å². The molecule has 0 N–H and O–H groups in total. The molecule has 0 spiro atoms. The van der Waals surface area contributed by atoms with E-state index in [1.165, 1.54) is 51.4 Å². The molecule has 0 aliphatic heterocycles. The molecule has 1 radical (unpaired) electrons. The van der Waals surface area contributed by atoms with Gasteiger partial charge in [0.05, 0.1) is 12.2 Å². The smallest absolute Gasteiger partial charge is 0.0522 e. The topological polar surface area (TPSA) is 18.5 Å². The van der Waals surface area contributed by atoms with E-state index in [0.29, 0.717) is 12.2 Å². The van der Waals surface area contributed by atoms with Gasteiger partial charge in [-0.1, -0.05) is 25.7 Å². The van der Waals surface area contributed by atoms with E-state index in [1.54, 1.807) is 14.2 Å². The summed E-state index contributed by atoms with van der Waals surface area (Å²) in [6, 6.07) is 0.